The summed E-state index contributed by atoms with van der Waals surface area (Å²) in [4.78, 5) is 24.2. The molecule has 3 heterocycles. The number of hydrogen-bond acceptors (Lipinski definition) is 5. The van der Waals surface area contributed by atoms with E-state index in [1.165, 1.54) is 16.1 Å². The monoisotopic (exact) mass is 474 g/mol. The highest BCUT2D eigenvalue weighted by Crippen LogP contribution is 2.29. The minimum Gasteiger partial charge on any atom is -0.367 e. The summed E-state index contributed by atoms with van der Waals surface area (Å²) >= 11 is 1.72. The zero-order chi connectivity index (χ0) is 23.5. The molecule has 34 heavy (non-hydrogen) atoms. The van der Waals surface area contributed by atoms with E-state index in [9.17, 15) is 4.79 Å². The molecule has 0 atom stereocenters. The lowest BCUT2D eigenvalue weighted by Crippen LogP contribution is -2.49. The molecule has 0 bridgehead atoms. The number of benzene rings is 2. The molecule has 1 aliphatic heterocycles. The van der Waals surface area contributed by atoms with Crippen LogP contribution in [-0.2, 0) is 22.7 Å². The number of rotatable bonds is 7. The lowest BCUT2D eigenvalue weighted by molar-refractivity contribution is -0.138. The average molecular weight is 475 g/mol. The number of amides is 1. The first-order valence-corrected chi connectivity index (χ1v) is 12.5. The molecule has 0 N–H and O–H groups in total. The third-order valence-corrected chi connectivity index (χ3v) is 7.20. The van der Waals surface area contributed by atoms with E-state index < -0.39 is 0 Å². The van der Waals surface area contributed by atoms with Crippen LogP contribution in [0.4, 0.5) is 0 Å². The van der Waals surface area contributed by atoms with E-state index in [2.05, 4.69) is 53.6 Å². The lowest BCUT2D eigenvalue weighted by Gasteiger charge is -2.34. The molecular weight excluding hydrogens is 444 g/mol. The van der Waals surface area contributed by atoms with Gasteiger partial charge < -0.3 is 9.64 Å². The van der Waals surface area contributed by atoms with Gasteiger partial charge in [0.1, 0.15) is 6.61 Å². The number of aryl methyl sites for hydroxylation is 2. The van der Waals surface area contributed by atoms with E-state index in [-0.39, 0.29) is 12.5 Å². The molecule has 1 fully saturated rings. The number of piperazine rings is 1. The first-order valence-electron chi connectivity index (χ1n) is 11.7. The SMILES string of the molecule is Cc1ccc(-c2nc3sc(C)cn3c2CN2CCN(C(=O)COCc3ccccc3)CC2)cc1. The van der Waals surface area contributed by atoms with Crippen molar-refractivity contribution in [2.75, 3.05) is 32.8 Å². The van der Waals surface area contributed by atoms with Crippen LogP contribution in [0.15, 0.2) is 60.8 Å². The van der Waals surface area contributed by atoms with Crippen molar-refractivity contribution < 1.29 is 9.53 Å². The Hall–Kier alpha value is -3.00. The zero-order valence-electron chi connectivity index (χ0n) is 19.7. The summed E-state index contributed by atoms with van der Waals surface area (Å²) in [6, 6.07) is 18.6. The Morgan fingerprint density at radius 3 is 2.47 bits per heavy atom. The van der Waals surface area contributed by atoms with Crippen molar-refractivity contribution in [2.24, 2.45) is 0 Å². The summed E-state index contributed by atoms with van der Waals surface area (Å²) < 4.78 is 7.90. The first-order chi connectivity index (χ1) is 16.6. The Kier molecular flexibility index (Phi) is 6.76. The second kappa shape index (κ2) is 10.1. The number of carbonyl (C=O) groups excluding carboxylic acids is 1. The molecule has 0 unspecified atom stereocenters. The number of imidazole rings is 1. The first kappa shape index (κ1) is 22.8. The molecule has 0 spiro atoms. The highest BCUT2D eigenvalue weighted by Gasteiger charge is 2.24. The number of thiazole rings is 1. The van der Waals surface area contributed by atoms with Gasteiger partial charge in [-0.1, -0.05) is 60.2 Å². The van der Waals surface area contributed by atoms with E-state index in [1.54, 1.807) is 11.3 Å². The number of carbonyl (C=O) groups is 1. The van der Waals surface area contributed by atoms with Crippen LogP contribution in [-0.4, -0.2) is 57.9 Å². The van der Waals surface area contributed by atoms with Crippen LogP contribution in [0.5, 0.6) is 0 Å². The number of aromatic nitrogens is 2. The molecule has 5 rings (SSSR count). The minimum atomic E-state index is 0.0659. The molecule has 0 radical (unpaired) electrons. The summed E-state index contributed by atoms with van der Waals surface area (Å²) in [5, 5.41) is 0. The predicted octanol–water partition coefficient (Wildman–Crippen LogP) is 4.54. The maximum absolute atomic E-state index is 12.6. The quantitative estimate of drug-likeness (QED) is 0.395. The fourth-order valence-corrected chi connectivity index (χ4v) is 5.23. The fraction of sp³-hybridized carbons (Fsp3) is 0.333. The van der Waals surface area contributed by atoms with Crippen LogP contribution in [0.2, 0.25) is 0 Å². The summed E-state index contributed by atoms with van der Waals surface area (Å²) in [6.45, 7) is 8.76. The maximum atomic E-state index is 12.6. The second-order valence-corrected chi connectivity index (χ2v) is 10.1. The molecule has 0 aliphatic carbocycles. The van der Waals surface area contributed by atoms with Crippen molar-refractivity contribution >= 4 is 22.2 Å². The number of fused-ring (bicyclic) bond motifs is 1. The predicted molar refractivity (Wildman–Crippen MR) is 136 cm³/mol. The van der Waals surface area contributed by atoms with Crippen LogP contribution < -0.4 is 0 Å². The second-order valence-electron chi connectivity index (χ2n) is 8.90. The van der Waals surface area contributed by atoms with Gasteiger partial charge in [0.15, 0.2) is 4.96 Å². The number of hydrogen-bond donors (Lipinski definition) is 0. The van der Waals surface area contributed by atoms with Crippen LogP contribution in [0, 0.1) is 13.8 Å². The van der Waals surface area contributed by atoms with Gasteiger partial charge in [-0.25, -0.2) is 4.98 Å². The number of nitrogens with zero attached hydrogens (tertiary/aromatic N) is 4. The number of ether oxygens (including phenoxy) is 1. The highest BCUT2D eigenvalue weighted by molar-refractivity contribution is 7.17. The fourth-order valence-electron chi connectivity index (χ4n) is 4.38. The molecule has 1 aliphatic rings. The van der Waals surface area contributed by atoms with E-state index in [4.69, 9.17) is 9.72 Å². The van der Waals surface area contributed by atoms with E-state index in [0.29, 0.717) is 6.61 Å². The van der Waals surface area contributed by atoms with Crippen LogP contribution in [0.25, 0.3) is 16.2 Å². The van der Waals surface area contributed by atoms with Gasteiger partial charge >= 0.3 is 0 Å². The van der Waals surface area contributed by atoms with Crippen molar-refractivity contribution in [3.05, 3.63) is 82.5 Å². The molecule has 0 saturated carbocycles. The Balaban J connectivity index is 1.21. The molecule has 1 saturated heterocycles. The van der Waals surface area contributed by atoms with Gasteiger partial charge in [-0.15, -0.1) is 11.3 Å². The summed E-state index contributed by atoms with van der Waals surface area (Å²) in [7, 11) is 0. The van der Waals surface area contributed by atoms with E-state index in [0.717, 1.165) is 54.5 Å². The van der Waals surface area contributed by atoms with Gasteiger partial charge in [-0.05, 0) is 19.4 Å². The summed E-state index contributed by atoms with van der Waals surface area (Å²) in [5.74, 6) is 0.0659. The molecule has 1 amide bonds. The topological polar surface area (TPSA) is 50.1 Å². The minimum absolute atomic E-state index is 0.0659. The van der Waals surface area contributed by atoms with Crippen molar-refractivity contribution in [1.82, 2.24) is 19.2 Å². The van der Waals surface area contributed by atoms with Gasteiger partial charge in [0.2, 0.25) is 5.91 Å². The third kappa shape index (κ3) is 5.06. The van der Waals surface area contributed by atoms with Crippen LogP contribution in [0.3, 0.4) is 0 Å². The smallest absolute Gasteiger partial charge is 0.248 e. The van der Waals surface area contributed by atoms with Crippen LogP contribution in [0.1, 0.15) is 21.7 Å². The molecule has 2 aromatic heterocycles. The van der Waals surface area contributed by atoms with Crippen molar-refractivity contribution in [3.63, 3.8) is 0 Å². The molecule has 176 valence electrons. The van der Waals surface area contributed by atoms with E-state index >= 15 is 0 Å². The molecule has 4 aromatic rings. The molecular formula is C27H30N4O2S. The maximum Gasteiger partial charge on any atom is 0.248 e. The van der Waals surface area contributed by atoms with E-state index in [1.807, 2.05) is 35.2 Å². The van der Waals surface area contributed by atoms with Crippen LogP contribution >= 0.6 is 11.3 Å². The van der Waals surface area contributed by atoms with Crippen molar-refractivity contribution in [3.8, 4) is 11.3 Å². The molecule has 6 nitrogen and oxygen atoms in total. The van der Waals surface area contributed by atoms with Gasteiger partial charge in [0.05, 0.1) is 18.0 Å². The van der Waals surface area contributed by atoms with Crippen molar-refractivity contribution in [2.45, 2.75) is 27.0 Å². The lowest BCUT2D eigenvalue weighted by atomic mass is 10.1. The Labute approximate surface area is 204 Å². The third-order valence-electron chi connectivity index (χ3n) is 6.30. The zero-order valence-corrected chi connectivity index (χ0v) is 20.6. The molecule has 7 heteroatoms. The standard InChI is InChI=1S/C27H30N4O2S/c1-20-8-10-23(11-9-20)26-24(31-16-21(2)34-27(31)28-26)17-29-12-14-30(15-13-29)25(32)19-33-18-22-6-4-3-5-7-22/h3-11,16H,12-15,17-19H2,1-2H3. The average Bonchev–Trinajstić information content (AvgIpc) is 3.37. The van der Waals surface area contributed by atoms with Gasteiger partial charge in [0, 0.05) is 49.4 Å². The Bertz CT molecular complexity index is 1260. The normalized spacial score (nSPS) is 14.7. The Morgan fingerprint density at radius 1 is 1.00 bits per heavy atom. The summed E-state index contributed by atoms with van der Waals surface area (Å²) in [5.41, 5.74) is 5.75. The highest BCUT2D eigenvalue weighted by atomic mass is 32.1. The van der Waals surface area contributed by atoms with Crippen molar-refractivity contribution in [1.29, 1.82) is 0 Å². The summed E-state index contributed by atoms with van der Waals surface area (Å²) in [6.07, 6.45) is 2.18. The van der Waals surface area contributed by atoms with Gasteiger partial charge in [-0.3, -0.25) is 14.1 Å². The largest absolute Gasteiger partial charge is 0.367 e. The Morgan fingerprint density at radius 2 is 1.74 bits per heavy atom. The van der Waals surface area contributed by atoms with Gasteiger partial charge in [0.25, 0.3) is 0 Å². The molecule has 2 aromatic carbocycles. The van der Waals surface area contributed by atoms with Gasteiger partial charge in [-0.2, -0.15) is 0 Å².